The molecule has 0 atom stereocenters. The maximum atomic E-state index is 11.6. The van der Waals surface area contributed by atoms with Gasteiger partial charge in [0, 0.05) is 12.6 Å². The van der Waals surface area contributed by atoms with Crippen LogP contribution in [0.1, 0.15) is 13.8 Å². The second-order valence-corrected chi connectivity index (χ2v) is 4.87. The quantitative estimate of drug-likeness (QED) is 0.768. The summed E-state index contributed by atoms with van der Waals surface area (Å²) >= 11 is 0. The molecule has 6 nitrogen and oxygen atoms in total. The number of rotatable bonds is 5. The number of benzene rings is 1. The van der Waals surface area contributed by atoms with Gasteiger partial charge in [-0.1, -0.05) is 4.89 Å². The Bertz CT molecular complexity index is 482. The molecule has 1 amide bonds. The van der Waals surface area contributed by atoms with Crippen LogP contribution in [-0.4, -0.2) is 20.9 Å². The highest BCUT2D eigenvalue weighted by Gasteiger charge is 2.13. The summed E-state index contributed by atoms with van der Waals surface area (Å²) in [6.45, 7) is 3.28. The zero-order valence-electron chi connectivity index (χ0n) is 9.56. The molecule has 0 saturated heterocycles. The van der Waals surface area contributed by atoms with Crippen LogP contribution >= 0.6 is 0 Å². The fourth-order valence-corrected chi connectivity index (χ4v) is 1.97. The van der Waals surface area contributed by atoms with E-state index in [9.17, 15) is 13.2 Å². The lowest BCUT2D eigenvalue weighted by Crippen LogP contribution is -2.23. The number of nitrogens with one attached hydrogen (secondary N) is 2. The molecule has 0 fully saturated rings. The summed E-state index contributed by atoms with van der Waals surface area (Å²) in [7, 11) is -3.65. The molecule has 2 N–H and O–H groups in total. The van der Waals surface area contributed by atoms with Crippen molar-refractivity contribution in [2.45, 2.75) is 18.7 Å². The summed E-state index contributed by atoms with van der Waals surface area (Å²) in [4.78, 5) is 17.5. The highest BCUT2D eigenvalue weighted by Crippen LogP contribution is 2.13. The van der Waals surface area contributed by atoms with Crippen LogP contribution in [0, 0.1) is 0 Å². The molecule has 0 aromatic heterocycles. The molecule has 0 aliphatic heterocycles. The van der Waals surface area contributed by atoms with Gasteiger partial charge >= 0.3 is 0 Å². The van der Waals surface area contributed by atoms with Gasteiger partial charge < -0.3 is 5.32 Å². The maximum absolute atomic E-state index is 11.6. The van der Waals surface area contributed by atoms with Crippen LogP contribution in [0.4, 0.5) is 5.69 Å². The van der Waals surface area contributed by atoms with Gasteiger partial charge in [-0.3, -0.25) is 9.63 Å². The minimum atomic E-state index is -3.65. The summed E-state index contributed by atoms with van der Waals surface area (Å²) in [5, 5.41) is 2.54. The van der Waals surface area contributed by atoms with Crippen molar-refractivity contribution in [3.8, 4) is 0 Å². The molecular formula is C10H14N2O4S. The number of anilines is 1. The Morgan fingerprint density at radius 2 is 1.88 bits per heavy atom. The average molecular weight is 258 g/mol. The third-order valence-electron chi connectivity index (χ3n) is 1.80. The van der Waals surface area contributed by atoms with E-state index in [1.165, 1.54) is 31.2 Å². The van der Waals surface area contributed by atoms with Crippen LogP contribution in [0.2, 0.25) is 0 Å². The van der Waals surface area contributed by atoms with Crippen LogP contribution in [-0.2, 0) is 19.7 Å². The Morgan fingerprint density at radius 1 is 1.29 bits per heavy atom. The predicted octanol–water partition coefficient (Wildman–Crippen LogP) is 0.875. The van der Waals surface area contributed by atoms with Crippen molar-refractivity contribution in [2.75, 3.05) is 11.9 Å². The van der Waals surface area contributed by atoms with Gasteiger partial charge in [-0.25, -0.2) is 8.42 Å². The lowest BCUT2D eigenvalue weighted by Gasteiger charge is -2.06. The minimum absolute atomic E-state index is 0.0695. The highest BCUT2D eigenvalue weighted by molar-refractivity contribution is 7.89. The number of amides is 1. The molecule has 0 heterocycles. The van der Waals surface area contributed by atoms with Gasteiger partial charge in [0.1, 0.15) is 0 Å². The van der Waals surface area contributed by atoms with E-state index in [2.05, 4.69) is 10.2 Å². The van der Waals surface area contributed by atoms with Gasteiger partial charge in [-0.2, -0.15) is 0 Å². The molecule has 17 heavy (non-hydrogen) atoms. The van der Waals surface area contributed by atoms with Crippen molar-refractivity contribution in [3.05, 3.63) is 24.3 Å². The fourth-order valence-electron chi connectivity index (χ4n) is 1.11. The number of sulfonamides is 1. The fraction of sp³-hybridized carbons (Fsp3) is 0.300. The SMILES string of the molecule is CCONS(=O)(=O)c1ccc(NC(C)=O)cc1. The summed E-state index contributed by atoms with van der Waals surface area (Å²) in [6.07, 6.45) is 0. The molecule has 1 aromatic carbocycles. The zero-order chi connectivity index (χ0) is 12.9. The van der Waals surface area contributed by atoms with Crippen molar-refractivity contribution in [2.24, 2.45) is 0 Å². The molecule has 0 aliphatic rings. The third kappa shape index (κ3) is 4.14. The summed E-state index contributed by atoms with van der Waals surface area (Å²) in [5.41, 5.74) is 0.535. The molecule has 7 heteroatoms. The summed E-state index contributed by atoms with van der Waals surface area (Å²) in [6, 6.07) is 5.77. The van der Waals surface area contributed by atoms with E-state index in [4.69, 9.17) is 0 Å². The van der Waals surface area contributed by atoms with Gasteiger partial charge in [0.2, 0.25) is 5.91 Å². The van der Waals surface area contributed by atoms with Gasteiger partial charge in [0.15, 0.2) is 0 Å². The maximum Gasteiger partial charge on any atom is 0.262 e. The van der Waals surface area contributed by atoms with Crippen LogP contribution < -0.4 is 10.2 Å². The molecule has 0 aliphatic carbocycles. The second-order valence-electron chi connectivity index (χ2n) is 3.23. The normalized spacial score (nSPS) is 11.2. The molecule has 0 bridgehead atoms. The van der Waals surface area contributed by atoms with Crippen molar-refractivity contribution in [1.82, 2.24) is 4.89 Å². The van der Waals surface area contributed by atoms with Gasteiger partial charge in [-0.15, -0.1) is 0 Å². The van der Waals surface area contributed by atoms with E-state index in [1.54, 1.807) is 6.92 Å². The van der Waals surface area contributed by atoms with Gasteiger partial charge in [0.05, 0.1) is 11.5 Å². The Kier molecular flexibility index (Phi) is 4.62. The van der Waals surface area contributed by atoms with E-state index >= 15 is 0 Å². The number of hydrogen-bond donors (Lipinski definition) is 2. The van der Waals surface area contributed by atoms with Crippen molar-refractivity contribution >= 4 is 21.6 Å². The first kappa shape index (κ1) is 13.6. The lowest BCUT2D eigenvalue weighted by molar-refractivity contribution is -0.114. The second kappa shape index (κ2) is 5.76. The van der Waals surface area contributed by atoms with Crippen molar-refractivity contribution in [3.63, 3.8) is 0 Å². The lowest BCUT2D eigenvalue weighted by atomic mass is 10.3. The highest BCUT2D eigenvalue weighted by atomic mass is 32.2. The van der Waals surface area contributed by atoms with Crippen LogP contribution in [0.3, 0.4) is 0 Å². The molecule has 0 saturated carbocycles. The Morgan fingerprint density at radius 3 is 2.35 bits per heavy atom. The van der Waals surface area contributed by atoms with E-state index in [1.807, 2.05) is 4.89 Å². The average Bonchev–Trinajstić information content (AvgIpc) is 2.26. The molecule has 0 radical (unpaired) electrons. The molecule has 94 valence electrons. The molecular weight excluding hydrogens is 244 g/mol. The van der Waals surface area contributed by atoms with Crippen molar-refractivity contribution < 1.29 is 18.0 Å². The molecule has 0 unspecified atom stereocenters. The first-order chi connectivity index (χ1) is 7.95. The monoisotopic (exact) mass is 258 g/mol. The number of carbonyl (C=O) groups excluding carboxylic acids is 1. The summed E-state index contributed by atoms with van der Waals surface area (Å²) in [5.74, 6) is -0.215. The minimum Gasteiger partial charge on any atom is -0.326 e. The standard InChI is InChI=1S/C10H14N2O4S/c1-3-16-12-17(14,15)10-6-4-9(5-7-10)11-8(2)13/h4-7,12H,3H2,1-2H3,(H,11,13). The van der Waals surface area contributed by atoms with E-state index in [0.717, 1.165) is 0 Å². The zero-order valence-corrected chi connectivity index (χ0v) is 10.4. The topological polar surface area (TPSA) is 84.5 Å². The van der Waals surface area contributed by atoms with E-state index in [0.29, 0.717) is 5.69 Å². The molecule has 1 aromatic rings. The van der Waals surface area contributed by atoms with Crippen LogP contribution in [0.5, 0.6) is 0 Å². The third-order valence-corrected chi connectivity index (χ3v) is 3.03. The summed E-state index contributed by atoms with van der Waals surface area (Å²) < 4.78 is 23.2. The van der Waals surface area contributed by atoms with E-state index in [-0.39, 0.29) is 17.4 Å². The Balaban J connectivity index is 2.83. The molecule has 0 spiro atoms. The van der Waals surface area contributed by atoms with Crippen LogP contribution in [0.25, 0.3) is 0 Å². The Labute approximate surface area is 100.0 Å². The predicted molar refractivity (Wildman–Crippen MR) is 62.7 cm³/mol. The van der Waals surface area contributed by atoms with Crippen LogP contribution in [0.15, 0.2) is 29.2 Å². The molecule has 1 rings (SSSR count). The Hall–Kier alpha value is -1.44. The number of hydrogen-bond acceptors (Lipinski definition) is 4. The smallest absolute Gasteiger partial charge is 0.262 e. The van der Waals surface area contributed by atoms with Gasteiger partial charge in [0.25, 0.3) is 10.0 Å². The first-order valence-electron chi connectivity index (χ1n) is 4.97. The van der Waals surface area contributed by atoms with E-state index < -0.39 is 10.0 Å². The number of carbonyl (C=O) groups is 1. The largest absolute Gasteiger partial charge is 0.326 e. The van der Waals surface area contributed by atoms with Gasteiger partial charge in [-0.05, 0) is 31.2 Å². The van der Waals surface area contributed by atoms with Crippen molar-refractivity contribution in [1.29, 1.82) is 0 Å². The first-order valence-corrected chi connectivity index (χ1v) is 6.45.